The molecule has 22 heavy (non-hydrogen) atoms. The van der Waals surface area contributed by atoms with Crippen molar-refractivity contribution < 1.29 is 9.84 Å². The van der Waals surface area contributed by atoms with E-state index in [0.717, 1.165) is 22.2 Å². The third-order valence-corrected chi connectivity index (χ3v) is 3.42. The van der Waals surface area contributed by atoms with Crippen LogP contribution in [0.1, 0.15) is 12.7 Å². The number of anilines is 1. The molecule has 114 valence electrons. The van der Waals surface area contributed by atoms with Crippen LogP contribution in [0.5, 0.6) is 0 Å². The zero-order valence-corrected chi connectivity index (χ0v) is 12.4. The molecule has 0 aliphatic rings. The van der Waals surface area contributed by atoms with Gasteiger partial charge in [0.05, 0.1) is 17.6 Å². The Kier molecular flexibility index (Phi) is 4.04. The molecule has 0 radical (unpaired) electrons. The van der Waals surface area contributed by atoms with Gasteiger partial charge in [-0.3, -0.25) is 0 Å². The number of nitrogens with two attached hydrogens (primary N) is 1. The number of para-hydroxylation sites is 1. The summed E-state index contributed by atoms with van der Waals surface area (Å²) in [6.45, 7) is 2.85. The van der Waals surface area contributed by atoms with Crippen LogP contribution < -0.4 is 5.73 Å². The first-order valence-corrected chi connectivity index (χ1v) is 7.16. The molecule has 3 aromatic rings. The molecular formula is C16H18N4O2. The van der Waals surface area contributed by atoms with Crippen molar-refractivity contribution in [3.8, 4) is 0 Å². The third-order valence-electron chi connectivity index (χ3n) is 3.42. The fourth-order valence-electron chi connectivity index (χ4n) is 2.48. The van der Waals surface area contributed by atoms with Crippen LogP contribution in [0.25, 0.3) is 28.1 Å². The van der Waals surface area contributed by atoms with Crippen molar-refractivity contribution in [2.45, 2.75) is 13.5 Å². The van der Waals surface area contributed by atoms with E-state index in [1.807, 2.05) is 35.8 Å². The van der Waals surface area contributed by atoms with Crippen LogP contribution in [0.2, 0.25) is 0 Å². The molecule has 2 heterocycles. The summed E-state index contributed by atoms with van der Waals surface area (Å²) in [5, 5.41) is 10.0. The van der Waals surface area contributed by atoms with Gasteiger partial charge in [-0.2, -0.15) is 0 Å². The molecule has 0 aliphatic heterocycles. The van der Waals surface area contributed by atoms with Crippen LogP contribution >= 0.6 is 0 Å². The van der Waals surface area contributed by atoms with Gasteiger partial charge in [0.1, 0.15) is 17.9 Å². The molecule has 0 spiro atoms. The topological polar surface area (TPSA) is 86.2 Å². The molecule has 0 saturated heterocycles. The maximum absolute atomic E-state index is 9.08. The van der Waals surface area contributed by atoms with E-state index >= 15 is 0 Å². The molecular weight excluding hydrogens is 280 g/mol. The summed E-state index contributed by atoms with van der Waals surface area (Å²) in [6, 6.07) is 7.78. The van der Waals surface area contributed by atoms with Crippen molar-refractivity contribution in [1.82, 2.24) is 14.5 Å². The molecule has 1 aromatic carbocycles. The monoisotopic (exact) mass is 298 g/mol. The zero-order valence-electron chi connectivity index (χ0n) is 12.4. The van der Waals surface area contributed by atoms with E-state index in [9.17, 15) is 0 Å². The number of nitrogens with zero attached hydrogens (tertiary/aromatic N) is 3. The molecule has 0 unspecified atom stereocenters. The normalized spacial score (nSPS) is 11.9. The Morgan fingerprint density at radius 3 is 2.91 bits per heavy atom. The second kappa shape index (κ2) is 6.13. The Bertz CT molecular complexity index is 839. The Morgan fingerprint density at radius 1 is 1.32 bits per heavy atom. The Morgan fingerprint density at radius 2 is 2.14 bits per heavy atom. The molecule has 0 amide bonds. The molecule has 3 N–H and O–H groups in total. The highest BCUT2D eigenvalue weighted by Crippen LogP contribution is 2.29. The molecule has 0 saturated carbocycles. The number of fused-ring (bicyclic) bond motifs is 3. The van der Waals surface area contributed by atoms with Crippen molar-refractivity contribution in [3.63, 3.8) is 0 Å². The standard InChI is InChI=1S/C16H18N4O2/c1-2-22-10-13-19-14-15(20(13)8-5-9-21)11-6-3-4-7-12(11)18-16(14)17/h3-8,21H,2,9-10H2,1H3,(H2,17,18)/b8-5+. The number of aromatic nitrogens is 3. The number of benzene rings is 1. The van der Waals surface area contributed by atoms with Gasteiger partial charge < -0.3 is 20.1 Å². The van der Waals surface area contributed by atoms with Crippen LogP contribution in [0.4, 0.5) is 5.82 Å². The van der Waals surface area contributed by atoms with Crippen LogP contribution in [0.3, 0.4) is 0 Å². The zero-order chi connectivity index (χ0) is 15.5. The van der Waals surface area contributed by atoms with Gasteiger partial charge in [0, 0.05) is 18.2 Å². The number of aliphatic hydroxyl groups is 1. The molecule has 6 heteroatoms. The first-order chi connectivity index (χ1) is 10.8. The quantitative estimate of drug-likeness (QED) is 0.754. The number of hydrogen-bond donors (Lipinski definition) is 2. The Labute approximate surface area is 127 Å². The number of pyridine rings is 1. The summed E-state index contributed by atoms with van der Waals surface area (Å²) in [7, 11) is 0. The predicted octanol–water partition coefficient (Wildman–Crippen LogP) is 2.17. The smallest absolute Gasteiger partial charge is 0.152 e. The lowest BCUT2D eigenvalue weighted by molar-refractivity contribution is 0.128. The molecule has 0 aliphatic carbocycles. The summed E-state index contributed by atoms with van der Waals surface area (Å²) in [5.74, 6) is 1.12. The van der Waals surface area contributed by atoms with Gasteiger partial charge >= 0.3 is 0 Å². The van der Waals surface area contributed by atoms with Gasteiger partial charge in [-0.1, -0.05) is 18.2 Å². The second-order valence-corrected chi connectivity index (χ2v) is 4.81. The van der Waals surface area contributed by atoms with Crippen molar-refractivity contribution in [1.29, 1.82) is 0 Å². The number of ether oxygens (including phenoxy) is 1. The van der Waals surface area contributed by atoms with E-state index in [4.69, 9.17) is 15.6 Å². The maximum atomic E-state index is 9.08. The predicted molar refractivity (Wildman–Crippen MR) is 87.2 cm³/mol. The lowest BCUT2D eigenvalue weighted by Crippen LogP contribution is -2.00. The summed E-state index contributed by atoms with van der Waals surface area (Å²) < 4.78 is 7.39. The SMILES string of the molecule is CCOCc1nc2c(N)nc3ccccc3c2n1/C=C/CO. The lowest BCUT2D eigenvalue weighted by Gasteiger charge is -2.06. The van der Waals surface area contributed by atoms with E-state index in [2.05, 4.69) is 9.97 Å². The average Bonchev–Trinajstić information content (AvgIpc) is 2.90. The molecule has 3 rings (SSSR count). The molecule has 6 nitrogen and oxygen atoms in total. The number of rotatable bonds is 5. The van der Waals surface area contributed by atoms with Gasteiger partial charge in [-0.15, -0.1) is 0 Å². The molecule has 0 atom stereocenters. The van der Waals surface area contributed by atoms with Gasteiger partial charge in [0.25, 0.3) is 0 Å². The van der Waals surface area contributed by atoms with Crippen molar-refractivity contribution in [2.24, 2.45) is 0 Å². The minimum atomic E-state index is -0.0494. The van der Waals surface area contributed by atoms with Crippen LogP contribution in [-0.4, -0.2) is 32.9 Å². The minimum absolute atomic E-state index is 0.0494. The number of nitrogen functional groups attached to an aromatic ring is 1. The first-order valence-electron chi connectivity index (χ1n) is 7.16. The highest BCUT2D eigenvalue weighted by Gasteiger charge is 2.15. The highest BCUT2D eigenvalue weighted by molar-refractivity contribution is 6.07. The van der Waals surface area contributed by atoms with Crippen molar-refractivity contribution in [3.05, 3.63) is 36.2 Å². The van der Waals surface area contributed by atoms with Crippen LogP contribution in [0, 0.1) is 0 Å². The Hall–Kier alpha value is -2.44. The second-order valence-electron chi connectivity index (χ2n) is 4.81. The van der Waals surface area contributed by atoms with Crippen molar-refractivity contribution in [2.75, 3.05) is 18.9 Å². The van der Waals surface area contributed by atoms with E-state index in [1.54, 1.807) is 12.3 Å². The van der Waals surface area contributed by atoms with E-state index < -0.39 is 0 Å². The molecule has 2 aromatic heterocycles. The van der Waals surface area contributed by atoms with Gasteiger partial charge in [0.15, 0.2) is 5.82 Å². The summed E-state index contributed by atoms with van der Waals surface area (Å²) >= 11 is 0. The molecule has 0 bridgehead atoms. The number of aliphatic hydroxyl groups excluding tert-OH is 1. The average molecular weight is 298 g/mol. The van der Waals surface area contributed by atoms with Gasteiger partial charge in [-0.05, 0) is 19.1 Å². The van der Waals surface area contributed by atoms with E-state index in [0.29, 0.717) is 24.5 Å². The summed E-state index contributed by atoms with van der Waals surface area (Å²) in [6.07, 6.45) is 3.44. The highest BCUT2D eigenvalue weighted by atomic mass is 16.5. The maximum Gasteiger partial charge on any atom is 0.152 e. The van der Waals surface area contributed by atoms with E-state index in [-0.39, 0.29) is 6.61 Å². The summed E-state index contributed by atoms with van der Waals surface area (Å²) in [5.41, 5.74) is 8.40. The van der Waals surface area contributed by atoms with E-state index in [1.165, 1.54) is 0 Å². The summed E-state index contributed by atoms with van der Waals surface area (Å²) in [4.78, 5) is 8.98. The Balaban J connectivity index is 2.34. The van der Waals surface area contributed by atoms with Gasteiger partial charge in [0.2, 0.25) is 0 Å². The lowest BCUT2D eigenvalue weighted by atomic mass is 10.2. The van der Waals surface area contributed by atoms with Crippen LogP contribution in [0.15, 0.2) is 30.3 Å². The minimum Gasteiger partial charge on any atom is -0.392 e. The fourth-order valence-corrected chi connectivity index (χ4v) is 2.48. The first kappa shape index (κ1) is 14.5. The fraction of sp³-hybridized carbons (Fsp3) is 0.250. The third kappa shape index (κ3) is 2.43. The number of hydrogen-bond acceptors (Lipinski definition) is 5. The van der Waals surface area contributed by atoms with Gasteiger partial charge in [-0.25, -0.2) is 9.97 Å². The molecule has 0 fully saturated rings. The number of imidazole rings is 1. The largest absolute Gasteiger partial charge is 0.392 e. The van der Waals surface area contributed by atoms with Crippen LogP contribution in [-0.2, 0) is 11.3 Å². The van der Waals surface area contributed by atoms with Crippen molar-refractivity contribution >= 4 is 34.0 Å².